The van der Waals surface area contributed by atoms with Crippen molar-refractivity contribution < 1.29 is 8.83 Å². The lowest BCUT2D eigenvalue weighted by molar-refractivity contribution is 0.668. The second-order valence-electron chi connectivity index (χ2n) is 19.4. The predicted octanol–water partition coefficient (Wildman–Crippen LogP) is 20.1. The van der Waals surface area contributed by atoms with Crippen LogP contribution in [0.15, 0.2) is 288 Å². The summed E-state index contributed by atoms with van der Waals surface area (Å²) in [5, 5.41) is 8.99. The van der Waals surface area contributed by atoms with Gasteiger partial charge in [-0.2, -0.15) is 0 Å². The van der Waals surface area contributed by atoms with Gasteiger partial charge in [-0.25, -0.2) is 0 Å². The lowest BCUT2D eigenvalue weighted by Gasteiger charge is -2.26. The molecule has 0 N–H and O–H groups in total. The van der Waals surface area contributed by atoms with Crippen molar-refractivity contribution >= 4 is 128 Å². The SMILES string of the molecule is c1ccc(N(c2ccccc2)c2ccc3oc4cc(N(c5ccccc5)c5ccc6c7cc(N(c8ccc9ccccc9c8)c8ccc9c(c8)oc8ccccc89)ccc7n(-c7ccccc7)c6c5)ccc4c3c2)cc1. The summed E-state index contributed by atoms with van der Waals surface area (Å²) >= 11 is 0. The number of furan rings is 2. The first-order valence-corrected chi connectivity index (χ1v) is 25.7. The fourth-order valence-corrected chi connectivity index (χ4v) is 11.4. The monoisotopic (exact) mass is 974 g/mol. The third kappa shape index (κ3) is 7.26. The Morgan fingerprint density at radius 3 is 1.30 bits per heavy atom. The van der Waals surface area contributed by atoms with E-state index in [9.17, 15) is 0 Å². The van der Waals surface area contributed by atoms with Gasteiger partial charge in [-0.1, -0.05) is 127 Å². The number of anilines is 9. The second-order valence-corrected chi connectivity index (χ2v) is 19.4. The third-order valence-corrected chi connectivity index (χ3v) is 14.9. The number of rotatable bonds is 10. The fraction of sp³-hybridized carbons (Fsp3) is 0. The van der Waals surface area contributed by atoms with E-state index < -0.39 is 0 Å². The summed E-state index contributed by atoms with van der Waals surface area (Å²) < 4.78 is 15.6. The Morgan fingerprint density at radius 1 is 0.224 bits per heavy atom. The van der Waals surface area contributed by atoms with Gasteiger partial charge in [0.05, 0.1) is 11.0 Å². The highest BCUT2D eigenvalue weighted by Crippen LogP contribution is 2.46. The van der Waals surface area contributed by atoms with Gasteiger partial charge in [-0.05, 0) is 150 Å². The molecule has 15 rings (SSSR count). The van der Waals surface area contributed by atoms with Crippen LogP contribution < -0.4 is 14.7 Å². The standard InChI is InChI=1S/C70H46N4O2/c1-5-19-49(20-6-1)71(50-21-7-2-8-22-50)55-35-40-68-64(43-55)62-38-33-57(45-70(62)76-68)72(51-23-9-3-10-24-51)56-31-36-59-63-42-54(34-39-65(63)74(66(59)44-56)52-25-11-4-12-26-52)73(53-30-29-47-17-13-14-18-48(47)41-53)58-32-37-61-60-27-15-16-28-67(60)75-69(61)46-58/h1-46H. The molecule has 6 heteroatoms. The lowest BCUT2D eigenvalue weighted by Crippen LogP contribution is -2.10. The van der Waals surface area contributed by atoms with Crippen LogP contribution in [0.2, 0.25) is 0 Å². The molecule has 0 saturated heterocycles. The molecular weight excluding hydrogens is 929 g/mol. The van der Waals surface area contributed by atoms with Crippen molar-refractivity contribution in [3.63, 3.8) is 0 Å². The highest BCUT2D eigenvalue weighted by atomic mass is 16.3. The second kappa shape index (κ2) is 17.7. The maximum absolute atomic E-state index is 6.74. The molecule has 0 fully saturated rings. The summed E-state index contributed by atoms with van der Waals surface area (Å²) in [7, 11) is 0. The van der Waals surface area contributed by atoms with Gasteiger partial charge in [0.1, 0.15) is 22.3 Å². The fourth-order valence-electron chi connectivity index (χ4n) is 11.4. The number of aromatic nitrogens is 1. The van der Waals surface area contributed by atoms with Gasteiger partial charge in [0.15, 0.2) is 0 Å². The van der Waals surface area contributed by atoms with Gasteiger partial charge in [0, 0.05) is 101 Å². The Balaban J connectivity index is 0.882. The lowest BCUT2D eigenvalue weighted by atomic mass is 10.1. The largest absolute Gasteiger partial charge is 0.456 e. The minimum Gasteiger partial charge on any atom is -0.456 e. The quantitative estimate of drug-likeness (QED) is 0.137. The molecule has 0 aliphatic carbocycles. The van der Waals surface area contributed by atoms with Crippen molar-refractivity contribution in [2.45, 2.75) is 0 Å². The van der Waals surface area contributed by atoms with E-state index in [1.54, 1.807) is 0 Å². The predicted molar refractivity (Wildman–Crippen MR) is 317 cm³/mol. The molecule has 0 atom stereocenters. The molecule has 76 heavy (non-hydrogen) atoms. The topological polar surface area (TPSA) is 40.9 Å². The zero-order valence-corrected chi connectivity index (χ0v) is 41.2. The van der Waals surface area contributed by atoms with Crippen LogP contribution in [0.25, 0.3) is 82.1 Å². The molecule has 3 aromatic heterocycles. The van der Waals surface area contributed by atoms with Crippen molar-refractivity contribution in [1.82, 2.24) is 4.57 Å². The summed E-state index contributed by atoms with van der Waals surface area (Å²) in [6.07, 6.45) is 0. The minimum atomic E-state index is 0.819. The zero-order chi connectivity index (χ0) is 50.1. The van der Waals surface area contributed by atoms with E-state index in [0.29, 0.717) is 0 Å². The smallest absolute Gasteiger partial charge is 0.137 e. The van der Waals surface area contributed by atoms with Gasteiger partial charge in [-0.15, -0.1) is 0 Å². The summed E-state index contributed by atoms with van der Waals surface area (Å²) in [6, 6.07) is 99.3. The van der Waals surface area contributed by atoms with Crippen LogP contribution in [-0.4, -0.2) is 4.57 Å². The summed E-state index contributed by atoms with van der Waals surface area (Å²) in [6.45, 7) is 0. The number of hydrogen-bond donors (Lipinski definition) is 0. The number of para-hydroxylation sites is 5. The molecule has 15 aromatic rings. The highest BCUT2D eigenvalue weighted by molar-refractivity contribution is 6.13. The first-order valence-electron chi connectivity index (χ1n) is 25.7. The van der Waals surface area contributed by atoms with Gasteiger partial charge >= 0.3 is 0 Å². The molecule has 12 aromatic carbocycles. The number of benzene rings is 12. The van der Waals surface area contributed by atoms with Crippen LogP contribution >= 0.6 is 0 Å². The molecule has 0 saturated carbocycles. The molecule has 0 amide bonds. The Hall–Kier alpha value is -10.3. The molecule has 0 aliphatic rings. The molecule has 0 unspecified atom stereocenters. The Morgan fingerprint density at radius 2 is 0.645 bits per heavy atom. The van der Waals surface area contributed by atoms with E-state index in [1.165, 1.54) is 10.8 Å². The first-order chi connectivity index (χ1) is 37.7. The molecule has 0 spiro atoms. The van der Waals surface area contributed by atoms with E-state index >= 15 is 0 Å². The van der Waals surface area contributed by atoms with E-state index in [4.69, 9.17) is 8.83 Å². The van der Waals surface area contributed by atoms with Crippen LogP contribution in [0.5, 0.6) is 0 Å². The Labute approximate surface area is 438 Å². The van der Waals surface area contributed by atoms with Crippen LogP contribution in [-0.2, 0) is 0 Å². The van der Waals surface area contributed by atoms with E-state index in [0.717, 1.165) is 123 Å². The first kappa shape index (κ1) is 43.3. The maximum atomic E-state index is 6.74. The average Bonchev–Trinajstić information content (AvgIpc) is 4.22. The van der Waals surface area contributed by atoms with Crippen LogP contribution in [0, 0.1) is 0 Å². The number of fused-ring (bicyclic) bond motifs is 10. The van der Waals surface area contributed by atoms with Crippen molar-refractivity contribution in [3.05, 3.63) is 279 Å². The van der Waals surface area contributed by atoms with Crippen molar-refractivity contribution in [3.8, 4) is 5.69 Å². The summed E-state index contributed by atoms with van der Waals surface area (Å²) in [4.78, 5) is 6.98. The van der Waals surface area contributed by atoms with Crippen LogP contribution in [0.4, 0.5) is 51.2 Å². The Bertz CT molecular complexity index is 4620. The minimum absolute atomic E-state index is 0.819. The van der Waals surface area contributed by atoms with Gasteiger partial charge in [-0.3, -0.25) is 0 Å². The van der Waals surface area contributed by atoms with E-state index in [2.05, 4.69) is 286 Å². The van der Waals surface area contributed by atoms with E-state index in [-0.39, 0.29) is 0 Å². The third-order valence-electron chi connectivity index (χ3n) is 14.9. The van der Waals surface area contributed by atoms with Crippen molar-refractivity contribution in [1.29, 1.82) is 0 Å². The molecule has 0 bridgehead atoms. The molecular formula is C70H46N4O2. The van der Waals surface area contributed by atoms with Gasteiger partial charge < -0.3 is 28.1 Å². The molecule has 6 nitrogen and oxygen atoms in total. The normalized spacial score (nSPS) is 11.7. The van der Waals surface area contributed by atoms with Gasteiger partial charge in [0.25, 0.3) is 0 Å². The van der Waals surface area contributed by atoms with Crippen LogP contribution in [0.1, 0.15) is 0 Å². The van der Waals surface area contributed by atoms with Gasteiger partial charge in [0.2, 0.25) is 0 Å². The zero-order valence-electron chi connectivity index (χ0n) is 41.2. The molecule has 0 radical (unpaired) electrons. The van der Waals surface area contributed by atoms with E-state index in [1.807, 2.05) is 12.1 Å². The molecule has 358 valence electrons. The maximum Gasteiger partial charge on any atom is 0.137 e. The van der Waals surface area contributed by atoms with Crippen LogP contribution in [0.3, 0.4) is 0 Å². The number of nitrogens with zero attached hydrogens (tertiary/aromatic N) is 4. The van der Waals surface area contributed by atoms with Crippen molar-refractivity contribution in [2.75, 3.05) is 14.7 Å². The molecule has 3 heterocycles. The average molecular weight is 975 g/mol. The highest BCUT2D eigenvalue weighted by Gasteiger charge is 2.23. The molecule has 0 aliphatic heterocycles. The Kier molecular flexibility index (Phi) is 10.1. The number of hydrogen-bond acceptors (Lipinski definition) is 5. The van der Waals surface area contributed by atoms with Crippen molar-refractivity contribution in [2.24, 2.45) is 0 Å². The summed E-state index contributed by atoms with van der Waals surface area (Å²) in [5.74, 6) is 0. The summed E-state index contributed by atoms with van der Waals surface area (Å²) in [5.41, 5.74) is 16.1.